The molecule has 0 aliphatic rings. The zero-order valence-corrected chi connectivity index (χ0v) is 10.4. The topological polar surface area (TPSA) is 75.1 Å². The molecule has 0 bridgehead atoms. The summed E-state index contributed by atoms with van der Waals surface area (Å²) in [6.07, 6.45) is 0.866. The Morgan fingerprint density at radius 2 is 2.00 bits per heavy atom. The van der Waals surface area contributed by atoms with Crippen LogP contribution in [0.5, 0.6) is 0 Å². The van der Waals surface area contributed by atoms with Crippen molar-refractivity contribution in [1.82, 2.24) is 9.55 Å². The minimum absolute atomic E-state index is 0.0745. The lowest BCUT2D eigenvalue weighted by molar-refractivity contribution is -0.136. The van der Waals surface area contributed by atoms with Crippen LogP contribution in [0.15, 0.2) is 35.3 Å². The molecule has 1 aromatic heterocycles. The minimum Gasteiger partial charge on any atom is -0.481 e. The molecule has 2 aromatic rings. The zero-order valence-electron chi connectivity index (χ0n) is 9.59. The van der Waals surface area contributed by atoms with Crippen LogP contribution in [-0.4, -0.2) is 20.6 Å². The van der Waals surface area contributed by atoms with Gasteiger partial charge in [0.2, 0.25) is 0 Å². The van der Waals surface area contributed by atoms with Gasteiger partial charge in [-0.15, -0.1) is 0 Å². The van der Waals surface area contributed by atoms with Crippen LogP contribution in [0, 0.1) is 10.6 Å². The number of nitrogens with one attached hydrogen (secondary N) is 1. The Balaban J connectivity index is 2.63. The van der Waals surface area contributed by atoms with Gasteiger partial charge in [-0.05, 0) is 36.5 Å². The van der Waals surface area contributed by atoms with Crippen LogP contribution in [0.1, 0.15) is 5.56 Å². The van der Waals surface area contributed by atoms with Crippen LogP contribution < -0.4 is 5.56 Å². The molecular weight excluding hydrogens is 271 g/mol. The highest BCUT2D eigenvalue weighted by Crippen LogP contribution is 2.07. The summed E-state index contributed by atoms with van der Waals surface area (Å²) in [6, 6.07) is 5.18. The third-order valence-corrected chi connectivity index (χ3v) is 2.78. The van der Waals surface area contributed by atoms with Gasteiger partial charge >= 0.3 is 5.97 Å². The fourth-order valence-corrected chi connectivity index (χ4v) is 1.87. The molecule has 0 saturated carbocycles. The summed E-state index contributed by atoms with van der Waals surface area (Å²) in [6.45, 7) is 0. The fourth-order valence-electron chi connectivity index (χ4n) is 1.63. The average molecular weight is 280 g/mol. The summed E-state index contributed by atoms with van der Waals surface area (Å²) in [5.41, 5.74) is -0.0805. The summed E-state index contributed by atoms with van der Waals surface area (Å²) in [7, 11) is 0. The molecule has 2 rings (SSSR count). The van der Waals surface area contributed by atoms with Gasteiger partial charge in [0.15, 0.2) is 4.77 Å². The number of rotatable bonds is 3. The van der Waals surface area contributed by atoms with E-state index in [-0.39, 0.29) is 10.3 Å². The van der Waals surface area contributed by atoms with Crippen LogP contribution in [0.4, 0.5) is 4.39 Å². The Kier molecular flexibility index (Phi) is 3.57. The quantitative estimate of drug-likeness (QED) is 0.838. The Hall–Kier alpha value is -2.28. The minimum atomic E-state index is -1.12. The molecule has 0 spiro atoms. The smallest absolute Gasteiger partial charge is 0.308 e. The Labute approximate surface area is 112 Å². The van der Waals surface area contributed by atoms with Gasteiger partial charge in [0.1, 0.15) is 5.82 Å². The Morgan fingerprint density at radius 3 is 2.58 bits per heavy atom. The van der Waals surface area contributed by atoms with Gasteiger partial charge in [-0.2, -0.15) is 0 Å². The van der Waals surface area contributed by atoms with Crippen molar-refractivity contribution < 1.29 is 14.3 Å². The van der Waals surface area contributed by atoms with Crippen molar-refractivity contribution in [1.29, 1.82) is 0 Å². The largest absolute Gasteiger partial charge is 0.481 e. The molecule has 0 fully saturated rings. The Morgan fingerprint density at radius 1 is 1.37 bits per heavy atom. The molecule has 2 N–H and O–H groups in total. The molecular formula is C12H9FN2O3S. The van der Waals surface area contributed by atoms with Crippen molar-refractivity contribution in [2.45, 2.75) is 6.42 Å². The maximum atomic E-state index is 12.9. The van der Waals surface area contributed by atoms with E-state index >= 15 is 0 Å². The molecule has 0 atom stereocenters. The molecule has 98 valence electrons. The third-order valence-electron chi connectivity index (χ3n) is 2.48. The van der Waals surface area contributed by atoms with Crippen LogP contribution >= 0.6 is 12.2 Å². The number of carbonyl (C=O) groups is 1. The number of carboxylic acid groups (broad SMARTS) is 1. The summed E-state index contributed by atoms with van der Waals surface area (Å²) >= 11 is 4.99. The first-order chi connectivity index (χ1) is 8.99. The number of nitrogens with zero attached hydrogens (tertiary/aromatic N) is 1. The van der Waals surface area contributed by atoms with Gasteiger partial charge in [0.05, 0.1) is 12.1 Å². The second-order valence-corrected chi connectivity index (χ2v) is 4.19. The summed E-state index contributed by atoms with van der Waals surface area (Å²) in [4.78, 5) is 25.4. The van der Waals surface area contributed by atoms with Crippen molar-refractivity contribution >= 4 is 18.2 Å². The van der Waals surface area contributed by atoms with E-state index in [1.807, 2.05) is 0 Å². The van der Waals surface area contributed by atoms with Crippen LogP contribution in [0.2, 0.25) is 0 Å². The van der Waals surface area contributed by atoms with E-state index in [2.05, 4.69) is 4.98 Å². The van der Waals surface area contributed by atoms with Crippen molar-refractivity contribution in [3.63, 3.8) is 0 Å². The van der Waals surface area contributed by atoms with E-state index in [1.54, 1.807) is 0 Å². The average Bonchev–Trinajstić information content (AvgIpc) is 2.35. The number of aromatic amines is 1. The maximum absolute atomic E-state index is 12.9. The predicted molar refractivity (Wildman–Crippen MR) is 68.5 cm³/mol. The zero-order chi connectivity index (χ0) is 14.0. The van der Waals surface area contributed by atoms with Crippen molar-refractivity contribution in [2.24, 2.45) is 0 Å². The molecule has 0 unspecified atom stereocenters. The lowest BCUT2D eigenvalue weighted by Crippen LogP contribution is -2.25. The highest BCUT2D eigenvalue weighted by Gasteiger charge is 2.10. The van der Waals surface area contributed by atoms with E-state index in [1.165, 1.54) is 30.5 Å². The van der Waals surface area contributed by atoms with Gasteiger partial charge < -0.3 is 10.1 Å². The highest BCUT2D eigenvalue weighted by molar-refractivity contribution is 7.71. The first-order valence-corrected chi connectivity index (χ1v) is 5.71. The van der Waals surface area contributed by atoms with E-state index < -0.39 is 23.8 Å². The monoisotopic (exact) mass is 280 g/mol. The summed E-state index contributed by atoms with van der Waals surface area (Å²) < 4.78 is 14.1. The molecule has 0 aliphatic carbocycles. The van der Waals surface area contributed by atoms with Crippen LogP contribution in [0.3, 0.4) is 0 Å². The van der Waals surface area contributed by atoms with E-state index in [9.17, 15) is 14.0 Å². The highest BCUT2D eigenvalue weighted by atomic mass is 32.1. The van der Waals surface area contributed by atoms with E-state index in [0.717, 1.165) is 4.57 Å². The van der Waals surface area contributed by atoms with Gasteiger partial charge in [-0.1, -0.05) is 0 Å². The maximum Gasteiger partial charge on any atom is 0.308 e. The number of aromatic nitrogens is 2. The molecule has 1 heterocycles. The number of hydrogen-bond donors (Lipinski definition) is 2. The first kappa shape index (κ1) is 13.2. The fraction of sp³-hybridized carbons (Fsp3) is 0.0833. The molecule has 19 heavy (non-hydrogen) atoms. The number of H-pyrrole nitrogens is 1. The number of aliphatic carboxylic acids is 1. The molecule has 1 aromatic carbocycles. The summed E-state index contributed by atoms with van der Waals surface area (Å²) in [5.74, 6) is -1.55. The number of hydrogen-bond acceptors (Lipinski definition) is 3. The molecule has 5 nitrogen and oxygen atoms in total. The number of carboxylic acids is 1. The van der Waals surface area contributed by atoms with Gasteiger partial charge in [0.25, 0.3) is 5.56 Å². The molecule has 0 aliphatic heterocycles. The first-order valence-electron chi connectivity index (χ1n) is 5.30. The van der Waals surface area contributed by atoms with E-state index in [4.69, 9.17) is 17.3 Å². The SMILES string of the molecule is O=C(O)Cc1c[nH]c(=S)n(-c2ccc(F)cc2)c1=O. The molecule has 0 radical (unpaired) electrons. The van der Waals surface area contributed by atoms with Crippen molar-refractivity contribution in [3.8, 4) is 5.69 Å². The third kappa shape index (κ3) is 2.76. The van der Waals surface area contributed by atoms with Gasteiger partial charge in [0, 0.05) is 11.8 Å². The molecule has 0 saturated heterocycles. The molecule has 7 heteroatoms. The van der Waals surface area contributed by atoms with Crippen LogP contribution in [0.25, 0.3) is 5.69 Å². The normalized spacial score (nSPS) is 10.4. The van der Waals surface area contributed by atoms with Gasteiger partial charge in [-0.3, -0.25) is 14.2 Å². The Bertz CT molecular complexity index is 734. The predicted octanol–water partition coefficient (Wildman–Crippen LogP) is 1.66. The van der Waals surface area contributed by atoms with Crippen molar-refractivity contribution in [2.75, 3.05) is 0 Å². The van der Waals surface area contributed by atoms with Crippen molar-refractivity contribution in [3.05, 3.63) is 57.0 Å². The second-order valence-electron chi connectivity index (χ2n) is 3.81. The van der Waals surface area contributed by atoms with Crippen LogP contribution in [-0.2, 0) is 11.2 Å². The van der Waals surface area contributed by atoms with Gasteiger partial charge in [-0.25, -0.2) is 4.39 Å². The number of halogens is 1. The van der Waals surface area contributed by atoms with E-state index in [0.29, 0.717) is 5.69 Å². The standard InChI is InChI=1S/C12H9FN2O3S/c13-8-1-3-9(4-2-8)15-11(18)7(5-10(16)17)6-14-12(15)19/h1-4,6H,5H2,(H,14,19)(H,16,17). The molecule has 0 amide bonds. The lowest BCUT2D eigenvalue weighted by atomic mass is 10.2. The summed E-state index contributed by atoms with van der Waals surface area (Å²) in [5, 5.41) is 8.72. The second kappa shape index (κ2) is 5.15. The number of benzene rings is 1. The lowest BCUT2D eigenvalue weighted by Gasteiger charge is -2.07.